The molecule has 1 fully saturated rings. The molecule has 0 aromatic heterocycles. The highest BCUT2D eigenvalue weighted by Crippen LogP contribution is 2.25. The van der Waals surface area contributed by atoms with Crippen LogP contribution in [0.5, 0.6) is 5.75 Å². The summed E-state index contributed by atoms with van der Waals surface area (Å²) in [5.74, 6) is 2.24. The van der Waals surface area contributed by atoms with E-state index in [9.17, 15) is 0 Å². The predicted molar refractivity (Wildman–Crippen MR) is 87.5 cm³/mol. The molecule has 21 heavy (non-hydrogen) atoms. The molecule has 0 heterocycles. The van der Waals surface area contributed by atoms with Crippen molar-refractivity contribution in [2.75, 3.05) is 13.2 Å². The maximum Gasteiger partial charge on any atom is 0.188 e. The number of nitrogens with one attached hydrogen (secondary N) is 1. The molecule has 0 unspecified atom stereocenters. The lowest BCUT2D eigenvalue weighted by Crippen LogP contribution is -2.37. The smallest absolute Gasteiger partial charge is 0.188 e. The summed E-state index contributed by atoms with van der Waals surface area (Å²) in [6, 6.07) is 8.08. The van der Waals surface area contributed by atoms with Crippen LogP contribution in [0.1, 0.15) is 44.6 Å². The molecule has 1 saturated carbocycles. The molecule has 2 rings (SSSR count). The van der Waals surface area contributed by atoms with E-state index in [0.29, 0.717) is 12.5 Å². The minimum atomic E-state index is 0.541. The number of guanidine groups is 1. The minimum Gasteiger partial charge on any atom is -0.494 e. The number of aliphatic imine (C=N–C) groups is 1. The molecular weight excluding hydrogens is 262 g/mol. The van der Waals surface area contributed by atoms with Gasteiger partial charge in [0.25, 0.3) is 0 Å². The summed E-state index contributed by atoms with van der Waals surface area (Å²) in [4.78, 5) is 4.39. The zero-order valence-corrected chi connectivity index (χ0v) is 13.0. The summed E-state index contributed by atoms with van der Waals surface area (Å²) in [5, 5.41) is 3.21. The maximum atomic E-state index is 5.89. The van der Waals surface area contributed by atoms with Crippen molar-refractivity contribution in [1.29, 1.82) is 0 Å². The Morgan fingerprint density at radius 1 is 1.43 bits per heavy atom. The number of rotatable bonds is 8. The van der Waals surface area contributed by atoms with E-state index in [4.69, 9.17) is 10.5 Å². The van der Waals surface area contributed by atoms with Crippen molar-refractivity contribution in [2.24, 2.45) is 16.6 Å². The first-order chi connectivity index (χ1) is 10.3. The lowest BCUT2D eigenvalue weighted by Gasteiger charge is -2.25. The van der Waals surface area contributed by atoms with Gasteiger partial charge in [-0.15, -0.1) is 0 Å². The molecule has 0 bridgehead atoms. The van der Waals surface area contributed by atoms with E-state index in [1.807, 2.05) is 18.2 Å². The average Bonchev–Trinajstić information content (AvgIpc) is 2.44. The Bertz CT molecular complexity index is 455. The highest BCUT2D eigenvalue weighted by Gasteiger charge is 2.16. The van der Waals surface area contributed by atoms with E-state index in [1.165, 1.54) is 19.3 Å². The predicted octanol–water partition coefficient (Wildman–Crippen LogP) is 3.07. The maximum absolute atomic E-state index is 5.89. The average molecular weight is 289 g/mol. The van der Waals surface area contributed by atoms with Crippen molar-refractivity contribution in [3.63, 3.8) is 0 Å². The molecule has 0 atom stereocenters. The van der Waals surface area contributed by atoms with Gasteiger partial charge in [0, 0.05) is 6.54 Å². The number of hydrogen-bond donors (Lipinski definition) is 2. The Morgan fingerprint density at radius 2 is 2.29 bits per heavy atom. The molecule has 1 aromatic rings. The first-order valence-electron chi connectivity index (χ1n) is 8.03. The van der Waals surface area contributed by atoms with Crippen molar-refractivity contribution >= 4 is 5.96 Å². The molecule has 4 heteroatoms. The van der Waals surface area contributed by atoms with E-state index in [-0.39, 0.29) is 0 Å². The van der Waals surface area contributed by atoms with Gasteiger partial charge in [0.1, 0.15) is 5.75 Å². The largest absolute Gasteiger partial charge is 0.494 e. The van der Waals surface area contributed by atoms with E-state index < -0.39 is 0 Å². The van der Waals surface area contributed by atoms with Gasteiger partial charge in [-0.1, -0.05) is 31.9 Å². The zero-order chi connectivity index (χ0) is 14.9. The molecule has 0 radical (unpaired) electrons. The number of hydrogen-bond acceptors (Lipinski definition) is 2. The van der Waals surface area contributed by atoms with Crippen molar-refractivity contribution in [2.45, 2.75) is 45.6 Å². The Kier molecular flexibility index (Phi) is 6.38. The number of nitrogens with two attached hydrogens (primary N) is 1. The van der Waals surface area contributed by atoms with Gasteiger partial charge in [-0.3, -0.25) is 0 Å². The van der Waals surface area contributed by atoms with Crippen LogP contribution in [-0.2, 0) is 6.54 Å². The lowest BCUT2D eigenvalue weighted by atomic mass is 9.85. The van der Waals surface area contributed by atoms with Crippen LogP contribution in [0.2, 0.25) is 0 Å². The van der Waals surface area contributed by atoms with Crippen LogP contribution in [0.15, 0.2) is 29.3 Å². The second-order valence-electron chi connectivity index (χ2n) is 5.73. The zero-order valence-electron chi connectivity index (χ0n) is 13.0. The van der Waals surface area contributed by atoms with Crippen molar-refractivity contribution in [3.05, 3.63) is 29.8 Å². The summed E-state index contributed by atoms with van der Waals surface area (Å²) in [5.41, 5.74) is 7.02. The number of nitrogens with zero attached hydrogens (tertiary/aromatic N) is 1. The third-order valence-electron chi connectivity index (χ3n) is 3.89. The van der Waals surface area contributed by atoms with E-state index >= 15 is 0 Å². The fraction of sp³-hybridized carbons (Fsp3) is 0.588. The minimum absolute atomic E-state index is 0.541. The number of unbranched alkanes of at least 4 members (excludes halogenated alkanes) is 1. The van der Waals surface area contributed by atoms with Gasteiger partial charge < -0.3 is 15.8 Å². The third-order valence-corrected chi connectivity index (χ3v) is 3.89. The van der Waals surface area contributed by atoms with Crippen molar-refractivity contribution < 1.29 is 4.74 Å². The third kappa shape index (κ3) is 5.66. The summed E-state index contributed by atoms with van der Waals surface area (Å²) in [6.45, 7) is 4.48. The van der Waals surface area contributed by atoms with Crippen LogP contribution < -0.4 is 15.8 Å². The number of ether oxygens (including phenoxy) is 1. The second-order valence-corrected chi connectivity index (χ2v) is 5.73. The number of benzene rings is 1. The van der Waals surface area contributed by atoms with Gasteiger partial charge >= 0.3 is 0 Å². The van der Waals surface area contributed by atoms with Gasteiger partial charge in [-0.2, -0.15) is 0 Å². The normalized spacial score (nSPS) is 15.6. The fourth-order valence-electron chi connectivity index (χ4n) is 2.25. The summed E-state index contributed by atoms with van der Waals surface area (Å²) in [6.07, 6.45) is 6.22. The highest BCUT2D eigenvalue weighted by molar-refractivity contribution is 5.77. The first-order valence-corrected chi connectivity index (χ1v) is 8.03. The van der Waals surface area contributed by atoms with E-state index in [2.05, 4.69) is 23.3 Å². The molecule has 116 valence electrons. The molecule has 1 aliphatic rings. The van der Waals surface area contributed by atoms with E-state index in [1.54, 1.807) is 0 Å². The first kappa shape index (κ1) is 15.7. The van der Waals surface area contributed by atoms with Crippen molar-refractivity contribution in [3.8, 4) is 5.75 Å². The monoisotopic (exact) mass is 289 g/mol. The van der Waals surface area contributed by atoms with Crippen LogP contribution in [0.3, 0.4) is 0 Å². The van der Waals surface area contributed by atoms with Gasteiger partial charge in [-0.25, -0.2) is 4.99 Å². The quantitative estimate of drug-likeness (QED) is 0.439. The summed E-state index contributed by atoms with van der Waals surface area (Å²) >= 11 is 0. The Balaban J connectivity index is 1.76. The van der Waals surface area contributed by atoms with Crippen LogP contribution in [0.25, 0.3) is 0 Å². The van der Waals surface area contributed by atoms with Crippen LogP contribution in [-0.4, -0.2) is 19.1 Å². The SMILES string of the molecule is CCCCOc1cccc(CN=C(N)NCC2CCC2)c1. The molecule has 0 spiro atoms. The Morgan fingerprint density at radius 3 is 3.00 bits per heavy atom. The van der Waals surface area contributed by atoms with Gasteiger partial charge in [-0.05, 0) is 42.9 Å². The van der Waals surface area contributed by atoms with Crippen LogP contribution >= 0.6 is 0 Å². The van der Waals surface area contributed by atoms with Crippen LogP contribution in [0.4, 0.5) is 0 Å². The topological polar surface area (TPSA) is 59.6 Å². The molecule has 3 N–H and O–H groups in total. The molecular formula is C17H27N3O. The molecule has 0 aliphatic heterocycles. The standard InChI is InChI=1S/C17H27N3O/c1-2-3-10-21-16-9-5-8-15(11-16)13-20-17(18)19-12-14-6-4-7-14/h5,8-9,11,14H,2-4,6-7,10,12-13H2,1H3,(H3,18,19,20). The lowest BCUT2D eigenvalue weighted by molar-refractivity contribution is 0.309. The Hall–Kier alpha value is -1.71. The summed E-state index contributed by atoms with van der Waals surface area (Å²) in [7, 11) is 0. The fourth-order valence-corrected chi connectivity index (χ4v) is 2.25. The van der Waals surface area contributed by atoms with Gasteiger partial charge in [0.05, 0.1) is 13.2 Å². The molecule has 0 saturated heterocycles. The second kappa shape index (κ2) is 8.55. The van der Waals surface area contributed by atoms with E-state index in [0.717, 1.165) is 43.2 Å². The molecule has 0 amide bonds. The van der Waals surface area contributed by atoms with Gasteiger partial charge in [0.15, 0.2) is 5.96 Å². The molecule has 1 aromatic carbocycles. The summed E-state index contributed by atoms with van der Waals surface area (Å²) < 4.78 is 5.70. The van der Waals surface area contributed by atoms with Gasteiger partial charge in [0.2, 0.25) is 0 Å². The molecule has 4 nitrogen and oxygen atoms in total. The highest BCUT2D eigenvalue weighted by atomic mass is 16.5. The van der Waals surface area contributed by atoms with Crippen molar-refractivity contribution in [1.82, 2.24) is 5.32 Å². The molecule has 1 aliphatic carbocycles. The van der Waals surface area contributed by atoms with Crippen LogP contribution in [0, 0.1) is 5.92 Å². The Labute approximate surface area is 127 Å².